The van der Waals surface area contributed by atoms with Crippen LogP contribution >= 0.6 is 11.6 Å². The van der Waals surface area contributed by atoms with E-state index in [1.54, 1.807) is 0 Å². The van der Waals surface area contributed by atoms with E-state index in [4.69, 9.17) is 16.3 Å². The molecule has 3 nitrogen and oxygen atoms in total. The van der Waals surface area contributed by atoms with Crippen molar-refractivity contribution >= 4 is 17.5 Å². The minimum Gasteiger partial charge on any atom is -0.491 e. The van der Waals surface area contributed by atoms with Gasteiger partial charge in [0.25, 0.3) is 0 Å². The maximum atomic E-state index is 11.9. The first-order chi connectivity index (χ1) is 8.31. The number of benzene rings is 1. The summed E-state index contributed by atoms with van der Waals surface area (Å²) in [7, 11) is 0. The number of halogens is 1. The number of rotatable bonds is 3. The average molecular weight is 254 g/mol. The van der Waals surface area contributed by atoms with E-state index in [0.717, 1.165) is 17.7 Å². The zero-order valence-corrected chi connectivity index (χ0v) is 10.4. The van der Waals surface area contributed by atoms with Crippen molar-refractivity contribution < 1.29 is 9.53 Å². The Hall–Kier alpha value is -1.22. The lowest BCUT2D eigenvalue weighted by atomic mass is 10.2. The number of hydrogen-bond acceptors (Lipinski definition) is 2. The first-order valence-electron chi connectivity index (χ1n) is 5.85. The standard InChI is InChI=1S/C13H16ClNO2/c14-7-3-6-13(16)15-8-9-17-12-5-2-1-4-11(12)10-15/h1-2,4-5H,3,6-10H2. The van der Waals surface area contributed by atoms with Gasteiger partial charge in [0, 0.05) is 24.4 Å². The molecule has 4 heteroatoms. The van der Waals surface area contributed by atoms with Crippen LogP contribution in [0.4, 0.5) is 0 Å². The molecule has 0 unspecified atom stereocenters. The SMILES string of the molecule is O=C(CCCCl)N1CCOc2ccccc2C1. The summed E-state index contributed by atoms with van der Waals surface area (Å²) in [6.45, 7) is 1.84. The maximum Gasteiger partial charge on any atom is 0.223 e. The lowest BCUT2D eigenvalue weighted by Crippen LogP contribution is -2.32. The molecular formula is C13H16ClNO2. The second-order valence-corrected chi connectivity index (χ2v) is 4.44. The van der Waals surface area contributed by atoms with Crippen molar-refractivity contribution in [3.8, 4) is 5.75 Å². The Morgan fingerprint density at radius 3 is 3.06 bits per heavy atom. The molecule has 17 heavy (non-hydrogen) atoms. The van der Waals surface area contributed by atoms with E-state index in [1.165, 1.54) is 0 Å². The number of ether oxygens (including phenoxy) is 1. The van der Waals surface area contributed by atoms with Crippen LogP contribution in [-0.2, 0) is 11.3 Å². The molecule has 0 aliphatic carbocycles. The highest BCUT2D eigenvalue weighted by atomic mass is 35.5. The third-order valence-electron chi connectivity index (χ3n) is 2.83. The Morgan fingerprint density at radius 1 is 1.41 bits per heavy atom. The van der Waals surface area contributed by atoms with Crippen LogP contribution in [0.1, 0.15) is 18.4 Å². The van der Waals surface area contributed by atoms with Crippen molar-refractivity contribution in [2.24, 2.45) is 0 Å². The molecule has 0 saturated carbocycles. The molecule has 1 aromatic carbocycles. The van der Waals surface area contributed by atoms with Crippen molar-refractivity contribution in [2.45, 2.75) is 19.4 Å². The predicted octanol–water partition coefficient (Wildman–Crippen LogP) is 2.43. The fourth-order valence-corrected chi connectivity index (χ4v) is 2.05. The van der Waals surface area contributed by atoms with Crippen molar-refractivity contribution in [3.63, 3.8) is 0 Å². The number of carbonyl (C=O) groups excluding carboxylic acids is 1. The van der Waals surface area contributed by atoms with Crippen molar-refractivity contribution in [1.29, 1.82) is 0 Å². The van der Waals surface area contributed by atoms with Gasteiger partial charge >= 0.3 is 0 Å². The molecule has 0 fully saturated rings. The first-order valence-corrected chi connectivity index (χ1v) is 6.39. The van der Waals surface area contributed by atoms with E-state index in [1.807, 2.05) is 29.2 Å². The second-order valence-electron chi connectivity index (χ2n) is 4.06. The Kier molecular flexibility index (Phi) is 4.26. The van der Waals surface area contributed by atoms with Gasteiger partial charge in [0.05, 0.1) is 6.54 Å². The summed E-state index contributed by atoms with van der Waals surface area (Å²) in [6.07, 6.45) is 1.26. The molecule has 0 radical (unpaired) electrons. The van der Waals surface area contributed by atoms with E-state index in [9.17, 15) is 4.79 Å². The average Bonchev–Trinajstić information content (AvgIpc) is 2.58. The molecule has 1 aliphatic heterocycles. The van der Waals surface area contributed by atoms with Gasteiger partial charge in [-0.1, -0.05) is 18.2 Å². The molecule has 2 rings (SSSR count). The molecule has 1 aliphatic rings. The molecule has 0 saturated heterocycles. The maximum absolute atomic E-state index is 11.9. The monoisotopic (exact) mass is 253 g/mol. The van der Waals surface area contributed by atoms with E-state index in [0.29, 0.717) is 32.0 Å². The van der Waals surface area contributed by atoms with Gasteiger partial charge < -0.3 is 9.64 Å². The van der Waals surface area contributed by atoms with Gasteiger partial charge in [-0.25, -0.2) is 0 Å². The van der Waals surface area contributed by atoms with Gasteiger partial charge in [0.15, 0.2) is 0 Å². The topological polar surface area (TPSA) is 29.5 Å². The number of carbonyl (C=O) groups is 1. The molecule has 1 amide bonds. The molecule has 0 aromatic heterocycles. The highest BCUT2D eigenvalue weighted by Gasteiger charge is 2.18. The molecule has 1 aromatic rings. The van der Waals surface area contributed by atoms with E-state index < -0.39 is 0 Å². The molecular weight excluding hydrogens is 238 g/mol. The highest BCUT2D eigenvalue weighted by Crippen LogP contribution is 2.22. The molecule has 0 spiro atoms. The summed E-state index contributed by atoms with van der Waals surface area (Å²) >= 11 is 5.60. The number of nitrogens with zero attached hydrogens (tertiary/aromatic N) is 1. The summed E-state index contributed by atoms with van der Waals surface area (Å²) < 4.78 is 5.61. The van der Waals surface area contributed by atoms with E-state index in [-0.39, 0.29) is 5.91 Å². The summed E-state index contributed by atoms with van der Waals surface area (Å²) in [4.78, 5) is 13.8. The zero-order chi connectivity index (χ0) is 12.1. The Balaban J connectivity index is 2.05. The van der Waals surface area contributed by atoms with Crippen LogP contribution in [0.25, 0.3) is 0 Å². The van der Waals surface area contributed by atoms with Crippen molar-refractivity contribution in [2.75, 3.05) is 19.0 Å². The molecule has 0 bridgehead atoms. The number of alkyl halides is 1. The second kappa shape index (κ2) is 5.92. The van der Waals surface area contributed by atoms with Gasteiger partial charge in [-0.15, -0.1) is 11.6 Å². The summed E-state index contributed by atoms with van der Waals surface area (Å²) in [5, 5.41) is 0. The van der Waals surface area contributed by atoms with Gasteiger partial charge in [-0.3, -0.25) is 4.79 Å². The minimum atomic E-state index is 0.158. The van der Waals surface area contributed by atoms with E-state index >= 15 is 0 Å². The van der Waals surface area contributed by atoms with Gasteiger partial charge in [-0.05, 0) is 12.5 Å². The van der Waals surface area contributed by atoms with Crippen LogP contribution < -0.4 is 4.74 Å². The third kappa shape index (κ3) is 3.13. The molecule has 0 N–H and O–H groups in total. The first kappa shape index (κ1) is 12.2. The van der Waals surface area contributed by atoms with E-state index in [2.05, 4.69) is 0 Å². The summed E-state index contributed by atoms with van der Waals surface area (Å²) in [6, 6.07) is 7.86. The van der Waals surface area contributed by atoms with Crippen LogP contribution in [0.3, 0.4) is 0 Å². The number of amides is 1. The van der Waals surface area contributed by atoms with Crippen LogP contribution in [0.2, 0.25) is 0 Å². The Labute approximate surface area is 106 Å². The third-order valence-corrected chi connectivity index (χ3v) is 3.10. The van der Waals surface area contributed by atoms with Crippen molar-refractivity contribution in [1.82, 2.24) is 4.90 Å². The zero-order valence-electron chi connectivity index (χ0n) is 9.69. The van der Waals surface area contributed by atoms with Crippen LogP contribution in [0, 0.1) is 0 Å². The lowest BCUT2D eigenvalue weighted by molar-refractivity contribution is -0.131. The minimum absolute atomic E-state index is 0.158. The van der Waals surface area contributed by atoms with Crippen LogP contribution in [0.15, 0.2) is 24.3 Å². The normalized spacial score (nSPS) is 14.8. The van der Waals surface area contributed by atoms with Gasteiger partial charge in [-0.2, -0.15) is 0 Å². The summed E-state index contributed by atoms with van der Waals surface area (Å²) in [5.41, 5.74) is 1.07. The van der Waals surface area contributed by atoms with Crippen LogP contribution in [0.5, 0.6) is 5.75 Å². The lowest BCUT2D eigenvalue weighted by Gasteiger charge is -2.19. The number of hydrogen-bond donors (Lipinski definition) is 0. The van der Waals surface area contributed by atoms with Gasteiger partial charge in [0.2, 0.25) is 5.91 Å². The predicted molar refractivity (Wildman–Crippen MR) is 67.3 cm³/mol. The smallest absolute Gasteiger partial charge is 0.223 e. The van der Waals surface area contributed by atoms with Crippen LogP contribution in [-0.4, -0.2) is 29.8 Å². The van der Waals surface area contributed by atoms with Crippen molar-refractivity contribution in [3.05, 3.63) is 29.8 Å². The highest BCUT2D eigenvalue weighted by molar-refractivity contribution is 6.17. The fourth-order valence-electron chi connectivity index (χ4n) is 1.91. The molecule has 1 heterocycles. The largest absolute Gasteiger partial charge is 0.491 e. The Morgan fingerprint density at radius 2 is 2.24 bits per heavy atom. The molecule has 0 atom stereocenters. The molecule has 92 valence electrons. The quantitative estimate of drug-likeness (QED) is 0.775. The number of para-hydroxylation sites is 1. The summed E-state index contributed by atoms with van der Waals surface area (Å²) in [5.74, 6) is 1.58. The number of fused-ring (bicyclic) bond motifs is 1. The van der Waals surface area contributed by atoms with Gasteiger partial charge in [0.1, 0.15) is 12.4 Å². The Bertz CT molecular complexity index is 395. The fraction of sp³-hybridized carbons (Fsp3) is 0.462.